The molecule has 0 radical (unpaired) electrons. The molecule has 0 spiro atoms. The van der Waals surface area contributed by atoms with E-state index in [0.717, 1.165) is 18.8 Å². The predicted octanol–water partition coefficient (Wildman–Crippen LogP) is 0.489. The van der Waals surface area contributed by atoms with Gasteiger partial charge in [0, 0.05) is 37.2 Å². The number of hydrogen-bond donors (Lipinski definition) is 2. The molecule has 2 rings (SSSR count). The standard InChI is InChI=1S/C10H16N4/c1-8(10-7-12-4-5-13-10)14-9-2-3-11-6-9/h4-5,7-9,11,14H,2-3,6H2,1H3/t8-,9+/m0/s1. The number of hydrogen-bond acceptors (Lipinski definition) is 4. The minimum absolute atomic E-state index is 0.286. The van der Waals surface area contributed by atoms with Gasteiger partial charge in [-0.1, -0.05) is 0 Å². The summed E-state index contributed by atoms with van der Waals surface area (Å²) in [5.41, 5.74) is 1.01. The zero-order valence-corrected chi connectivity index (χ0v) is 8.40. The van der Waals surface area contributed by atoms with Crippen molar-refractivity contribution in [2.75, 3.05) is 13.1 Å². The van der Waals surface area contributed by atoms with Crippen LogP contribution in [-0.2, 0) is 0 Å². The summed E-state index contributed by atoms with van der Waals surface area (Å²) in [5.74, 6) is 0. The molecule has 1 aliphatic rings. The van der Waals surface area contributed by atoms with Crippen molar-refractivity contribution in [2.45, 2.75) is 25.4 Å². The molecule has 1 aromatic heterocycles. The van der Waals surface area contributed by atoms with Crippen LogP contribution >= 0.6 is 0 Å². The van der Waals surface area contributed by atoms with Crippen LogP contribution in [0.2, 0.25) is 0 Å². The third kappa shape index (κ3) is 2.27. The summed E-state index contributed by atoms with van der Waals surface area (Å²) in [6.07, 6.45) is 6.46. The van der Waals surface area contributed by atoms with Crippen LogP contribution in [0.25, 0.3) is 0 Å². The first kappa shape index (κ1) is 9.55. The van der Waals surface area contributed by atoms with Crippen molar-refractivity contribution in [3.8, 4) is 0 Å². The summed E-state index contributed by atoms with van der Waals surface area (Å²) < 4.78 is 0. The lowest BCUT2D eigenvalue weighted by atomic mass is 10.2. The van der Waals surface area contributed by atoms with Gasteiger partial charge in [-0.15, -0.1) is 0 Å². The molecule has 0 aromatic carbocycles. The average Bonchev–Trinajstić information content (AvgIpc) is 2.72. The zero-order chi connectivity index (χ0) is 9.80. The SMILES string of the molecule is C[C@H](N[C@@H]1CCNC1)c1cnccn1. The van der Waals surface area contributed by atoms with Gasteiger partial charge in [0.2, 0.25) is 0 Å². The number of rotatable bonds is 3. The van der Waals surface area contributed by atoms with Crippen LogP contribution in [0, 0.1) is 0 Å². The highest BCUT2D eigenvalue weighted by molar-refractivity contribution is 5.01. The van der Waals surface area contributed by atoms with E-state index in [9.17, 15) is 0 Å². The monoisotopic (exact) mass is 192 g/mol. The van der Waals surface area contributed by atoms with Crippen LogP contribution in [0.3, 0.4) is 0 Å². The lowest BCUT2D eigenvalue weighted by Gasteiger charge is -2.17. The maximum absolute atomic E-state index is 4.28. The third-order valence-electron chi connectivity index (χ3n) is 2.57. The average molecular weight is 192 g/mol. The first-order valence-corrected chi connectivity index (χ1v) is 5.09. The van der Waals surface area contributed by atoms with Crippen molar-refractivity contribution in [1.29, 1.82) is 0 Å². The maximum atomic E-state index is 4.28. The second-order valence-corrected chi connectivity index (χ2v) is 3.71. The Morgan fingerprint density at radius 1 is 1.57 bits per heavy atom. The van der Waals surface area contributed by atoms with Gasteiger partial charge >= 0.3 is 0 Å². The summed E-state index contributed by atoms with van der Waals surface area (Å²) >= 11 is 0. The molecule has 0 unspecified atom stereocenters. The molecule has 1 aliphatic heterocycles. The van der Waals surface area contributed by atoms with Crippen molar-refractivity contribution < 1.29 is 0 Å². The highest BCUT2D eigenvalue weighted by atomic mass is 15.1. The van der Waals surface area contributed by atoms with Crippen molar-refractivity contribution in [3.63, 3.8) is 0 Å². The van der Waals surface area contributed by atoms with Crippen LogP contribution in [0.4, 0.5) is 0 Å². The first-order valence-electron chi connectivity index (χ1n) is 5.09. The van der Waals surface area contributed by atoms with Crippen molar-refractivity contribution >= 4 is 0 Å². The topological polar surface area (TPSA) is 49.8 Å². The van der Waals surface area contributed by atoms with Crippen molar-refractivity contribution in [1.82, 2.24) is 20.6 Å². The van der Waals surface area contributed by atoms with E-state index in [1.54, 1.807) is 12.4 Å². The van der Waals surface area contributed by atoms with Gasteiger partial charge in [0.05, 0.1) is 5.69 Å². The molecule has 1 aromatic rings. The van der Waals surface area contributed by atoms with E-state index in [0.29, 0.717) is 6.04 Å². The molecule has 4 nitrogen and oxygen atoms in total. The lowest BCUT2D eigenvalue weighted by Crippen LogP contribution is -2.33. The fraction of sp³-hybridized carbons (Fsp3) is 0.600. The first-order chi connectivity index (χ1) is 6.86. The fourth-order valence-electron chi connectivity index (χ4n) is 1.77. The quantitative estimate of drug-likeness (QED) is 0.731. The Hall–Kier alpha value is -1.00. The molecule has 14 heavy (non-hydrogen) atoms. The minimum atomic E-state index is 0.286. The van der Waals surface area contributed by atoms with Crippen LogP contribution < -0.4 is 10.6 Å². The molecule has 0 bridgehead atoms. The molecule has 1 fully saturated rings. The van der Waals surface area contributed by atoms with Crippen molar-refractivity contribution in [3.05, 3.63) is 24.3 Å². The number of nitrogens with one attached hydrogen (secondary N) is 2. The van der Waals surface area contributed by atoms with Gasteiger partial charge in [-0.3, -0.25) is 9.97 Å². The molecule has 2 N–H and O–H groups in total. The van der Waals surface area contributed by atoms with E-state index in [1.165, 1.54) is 6.42 Å². The molecule has 0 aliphatic carbocycles. The number of nitrogens with zero attached hydrogens (tertiary/aromatic N) is 2. The Balaban J connectivity index is 1.92. The molecule has 2 atom stereocenters. The highest BCUT2D eigenvalue weighted by Crippen LogP contribution is 2.10. The smallest absolute Gasteiger partial charge is 0.0753 e. The van der Waals surface area contributed by atoms with E-state index in [1.807, 2.05) is 6.20 Å². The molecule has 76 valence electrons. The van der Waals surface area contributed by atoms with Crippen LogP contribution in [0.1, 0.15) is 25.1 Å². The molecular weight excluding hydrogens is 176 g/mol. The molecule has 0 amide bonds. The highest BCUT2D eigenvalue weighted by Gasteiger charge is 2.17. The Kier molecular flexibility index (Phi) is 3.06. The Morgan fingerprint density at radius 2 is 2.50 bits per heavy atom. The predicted molar refractivity (Wildman–Crippen MR) is 54.9 cm³/mol. The van der Waals surface area contributed by atoms with E-state index in [4.69, 9.17) is 0 Å². The van der Waals surface area contributed by atoms with Gasteiger partial charge in [0.1, 0.15) is 0 Å². The summed E-state index contributed by atoms with van der Waals surface area (Å²) in [6.45, 7) is 4.30. The zero-order valence-electron chi connectivity index (χ0n) is 8.40. The lowest BCUT2D eigenvalue weighted by molar-refractivity contribution is 0.470. The summed E-state index contributed by atoms with van der Waals surface area (Å²) in [4.78, 5) is 8.34. The van der Waals surface area contributed by atoms with E-state index in [2.05, 4.69) is 27.5 Å². The van der Waals surface area contributed by atoms with Crippen LogP contribution in [0.5, 0.6) is 0 Å². The Bertz CT molecular complexity index is 269. The molecular formula is C10H16N4. The maximum Gasteiger partial charge on any atom is 0.0753 e. The van der Waals surface area contributed by atoms with Gasteiger partial charge in [-0.2, -0.15) is 0 Å². The van der Waals surface area contributed by atoms with Crippen LogP contribution in [0.15, 0.2) is 18.6 Å². The van der Waals surface area contributed by atoms with Gasteiger partial charge in [-0.25, -0.2) is 0 Å². The van der Waals surface area contributed by atoms with Gasteiger partial charge in [0.15, 0.2) is 0 Å². The van der Waals surface area contributed by atoms with Gasteiger partial charge in [-0.05, 0) is 19.9 Å². The number of aromatic nitrogens is 2. The molecule has 1 saturated heterocycles. The Morgan fingerprint density at radius 3 is 3.14 bits per heavy atom. The molecule has 4 heteroatoms. The third-order valence-corrected chi connectivity index (χ3v) is 2.57. The van der Waals surface area contributed by atoms with E-state index in [-0.39, 0.29) is 6.04 Å². The van der Waals surface area contributed by atoms with Crippen LogP contribution in [-0.4, -0.2) is 29.1 Å². The van der Waals surface area contributed by atoms with Crippen molar-refractivity contribution in [2.24, 2.45) is 0 Å². The molecule has 0 saturated carbocycles. The second-order valence-electron chi connectivity index (χ2n) is 3.71. The van der Waals surface area contributed by atoms with Gasteiger partial charge in [0.25, 0.3) is 0 Å². The fourth-order valence-corrected chi connectivity index (χ4v) is 1.77. The van der Waals surface area contributed by atoms with E-state index >= 15 is 0 Å². The molecule has 2 heterocycles. The second kappa shape index (κ2) is 4.48. The summed E-state index contributed by atoms with van der Waals surface area (Å²) in [7, 11) is 0. The normalized spacial score (nSPS) is 23.6. The largest absolute Gasteiger partial charge is 0.315 e. The van der Waals surface area contributed by atoms with Gasteiger partial charge < -0.3 is 10.6 Å². The minimum Gasteiger partial charge on any atom is -0.315 e. The Labute approximate surface area is 84.2 Å². The summed E-state index contributed by atoms with van der Waals surface area (Å²) in [5, 5.41) is 6.86. The summed E-state index contributed by atoms with van der Waals surface area (Å²) in [6, 6.07) is 0.862. The van der Waals surface area contributed by atoms with E-state index < -0.39 is 0 Å².